The molecule has 2 rings (SSSR count). The predicted molar refractivity (Wildman–Crippen MR) is 54.0 cm³/mol. The Hall–Kier alpha value is -1.57. The lowest BCUT2D eigenvalue weighted by Gasteiger charge is -2.15. The molecule has 13 heavy (non-hydrogen) atoms. The number of anilines is 1. The average Bonchev–Trinajstić information content (AvgIpc) is 2.17. The monoisotopic (exact) mass is 173 g/mol. The lowest BCUT2D eigenvalue weighted by Crippen LogP contribution is -2.09. The molecule has 0 fully saturated rings. The Morgan fingerprint density at radius 1 is 1.46 bits per heavy atom. The van der Waals surface area contributed by atoms with Crippen molar-refractivity contribution in [2.45, 2.75) is 6.92 Å². The molecule has 0 radical (unpaired) electrons. The zero-order valence-corrected chi connectivity index (χ0v) is 7.50. The maximum Gasteiger partial charge on any atom is 0.161 e. The van der Waals surface area contributed by atoms with Crippen LogP contribution in [0.4, 0.5) is 5.69 Å². The van der Waals surface area contributed by atoms with E-state index in [2.05, 4.69) is 5.32 Å². The van der Waals surface area contributed by atoms with Crippen molar-refractivity contribution in [2.75, 3.05) is 11.9 Å². The second-order valence-corrected chi connectivity index (χ2v) is 3.11. The highest BCUT2D eigenvalue weighted by Crippen LogP contribution is 2.25. The van der Waals surface area contributed by atoms with Gasteiger partial charge in [0.15, 0.2) is 5.78 Å². The van der Waals surface area contributed by atoms with Crippen LogP contribution in [0.25, 0.3) is 6.08 Å². The summed E-state index contributed by atoms with van der Waals surface area (Å²) in [6, 6.07) is 5.77. The Labute approximate surface area is 77.3 Å². The molecule has 0 atom stereocenters. The molecule has 0 aromatic heterocycles. The first-order chi connectivity index (χ1) is 6.29. The maximum atomic E-state index is 11.3. The SMILES string of the molecule is CC(=O)c1cccc2c1NCC=C2. The molecule has 0 amide bonds. The smallest absolute Gasteiger partial charge is 0.161 e. The van der Waals surface area contributed by atoms with Crippen LogP contribution < -0.4 is 5.32 Å². The van der Waals surface area contributed by atoms with Gasteiger partial charge in [-0.25, -0.2) is 0 Å². The van der Waals surface area contributed by atoms with Crippen molar-refractivity contribution in [3.63, 3.8) is 0 Å². The lowest BCUT2D eigenvalue weighted by molar-refractivity contribution is 0.101. The molecule has 1 aliphatic rings. The van der Waals surface area contributed by atoms with Crippen LogP contribution in [-0.2, 0) is 0 Å². The largest absolute Gasteiger partial charge is 0.380 e. The van der Waals surface area contributed by atoms with E-state index in [4.69, 9.17) is 0 Å². The van der Waals surface area contributed by atoms with Gasteiger partial charge in [-0.2, -0.15) is 0 Å². The first-order valence-corrected chi connectivity index (χ1v) is 4.33. The number of Topliss-reactive ketones (excluding diaryl/α,β-unsaturated/α-hetero) is 1. The highest BCUT2D eigenvalue weighted by atomic mass is 16.1. The van der Waals surface area contributed by atoms with E-state index in [9.17, 15) is 4.79 Å². The van der Waals surface area contributed by atoms with E-state index in [1.54, 1.807) is 6.92 Å². The van der Waals surface area contributed by atoms with Crippen LogP contribution in [0.15, 0.2) is 24.3 Å². The minimum absolute atomic E-state index is 0.111. The van der Waals surface area contributed by atoms with Crippen LogP contribution in [0.2, 0.25) is 0 Å². The fraction of sp³-hybridized carbons (Fsp3) is 0.182. The number of nitrogens with one attached hydrogen (secondary N) is 1. The standard InChI is InChI=1S/C11H11NO/c1-8(13)10-6-2-4-9-5-3-7-12-11(9)10/h2-6,12H,7H2,1H3. The highest BCUT2D eigenvalue weighted by Gasteiger charge is 2.10. The van der Waals surface area contributed by atoms with Gasteiger partial charge < -0.3 is 5.32 Å². The Morgan fingerprint density at radius 3 is 3.08 bits per heavy atom. The van der Waals surface area contributed by atoms with Gasteiger partial charge in [0, 0.05) is 12.1 Å². The molecule has 1 aliphatic heterocycles. The first kappa shape index (κ1) is 8.05. The first-order valence-electron chi connectivity index (χ1n) is 4.33. The predicted octanol–water partition coefficient (Wildman–Crippen LogP) is 2.33. The number of fused-ring (bicyclic) bond motifs is 1. The lowest BCUT2D eigenvalue weighted by atomic mass is 10.0. The van der Waals surface area contributed by atoms with Gasteiger partial charge in [0.1, 0.15) is 0 Å². The van der Waals surface area contributed by atoms with E-state index in [-0.39, 0.29) is 5.78 Å². The number of hydrogen-bond acceptors (Lipinski definition) is 2. The van der Waals surface area contributed by atoms with Crippen molar-refractivity contribution in [2.24, 2.45) is 0 Å². The van der Waals surface area contributed by atoms with Gasteiger partial charge in [-0.15, -0.1) is 0 Å². The number of carbonyl (C=O) groups is 1. The molecule has 1 N–H and O–H groups in total. The molecular weight excluding hydrogens is 162 g/mol. The summed E-state index contributed by atoms with van der Waals surface area (Å²) in [5, 5.41) is 3.20. The van der Waals surface area contributed by atoms with Crippen molar-refractivity contribution in [3.05, 3.63) is 35.4 Å². The molecule has 1 aromatic rings. The summed E-state index contributed by atoms with van der Waals surface area (Å²) in [5.41, 5.74) is 2.85. The summed E-state index contributed by atoms with van der Waals surface area (Å²) in [7, 11) is 0. The van der Waals surface area contributed by atoms with E-state index in [0.717, 1.165) is 23.4 Å². The second-order valence-electron chi connectivity index (χ2n) is 3.11. The summed E-state index contributed by atoms with van der Waals surface area (Å²) in [4.78, 5) is 11.3. The topological polar surface area (TPSA) is 29.1 Å². The fourth-order valence-corrected chi connectivity index (χ4v) is 1.55. The molecule has 0 spiro atoms. The second kappa shape index (κ2) is 3.05. The summed E-state index contributed by atoms with van der Waals surface area (Å²) in [6.07, 6.45) is 4.09. The number of rotatable bonds is 1. The number of hydrogen-bond donors (Lipinski definition) is 1. The Bertz CT molecular complexity index is 380. The number of carbonyl (C=O) groups excluding carboxylic acids is 1. The van der Waals surface area contributed by atoms with Crippen LogP contribution in [-0.4, -0.2) is 12.3 Å². The number of para-hydroxylation sites is 1. The maximum absolute atomic E-state index is 11.3. The molecule has 1 aromatic carbocycles. The van der Waals surface area contributed by atoms with Crippen LogP contribution in [0.1, 0.15) is 22.8 Å². The van der Waals surface area contributed by atoms with Crippen molar-refractivity contribution in [3.8, 4) is 0 Å². The third-order valence-corrected chi connectivity index (χ3v) is 2.17. The van der Waals surface area contributed by atoms with Gasteiger partial charge >= 0.3 is 0 Å². The molecule has 2 heteroatoms. The quantitative estimate of drug-likeness (QED) is 0.660. The Kier molecular flexibility index (Phi) is 1.89. The molecule has 0 aliphatic carbocycles. The van der Waals surface area contributed by atoms with E-state index in [1.807, 2.05) is 30.4 Å². The Balaban J connectivity index is 2.59. The molecule has 0 saturated heterocycles. The molecule has 2 nitrogen and oxygen atoms in total. The molecule has 66 valence electrons. The average molecular weight is 173 g/mol. The minimum atomic E-state index is 0.111. The van der Waals surface area contributed by atoms with Gasteiger partial charge in [0.05, 0.1) is 5.69 Å². The number of benzene rings is 1. The van der Waals surface area contributed by atoms with E-state index in [1.165, 1.54) is 0 Å². The summed E-state index contributed by atoms with van der Waals surface area (Å²) in [6.45, 7) is 2.40. The van der Waals surface area contributed by atoms with Gasteiger partial charge in [0.25, 0.3) is 0 Å². The molecule has 0 bridgehead atoms. The van der Waals surface area contributed by atoms with Gasteiger partial charge in [-0.05, 0) is 18.6 Å². The zero-order chi connectivity index (χ0) is 9.26. The van der Waals surface area contributed by atoms with E-state index in [0.29, 0.717) is 0 Å². The summed E-state index contributed by atoms with van der Waals surface area (Å²) in [5.74, 6) is 0.111. The van der Waals surface area contributed by atoms with Crippen molar-refractivity contribution >= 4 is 17.5 Å². The summed E-state index contributed by atoms with van der Waals surface area (Å²) >= 11 is 0. The van der Waals surface area contributed by atoms with E-state index < -0.39 is 0 Å². The Morgan fingerprint density at radius 2 is 2.31 bits per heavy atom. The minimum Gasteiger partial charge on any atom is -0.380 e. The van der Waals surface area contributed by atoms with Crippen molar-refractivity contribution in [1.29, 1.82) is 0 Å². The van der Waals surface area contributed by atoms with Crippen molar-refractivity contribution < 1.29 is 4.79 Å². The van der Waals surface area contributed by atoms with Crippen LogP contribution >= 0.6 is 0 Å². The third-order valence-electron chi connectivity index (χ3n) is 2.17. The van der Waals surface area contributed by atoms with Crippen molar-refractivity contribution in [1.82, 2.24) is 0 Å². The van der Waals surface area contributed by atoms with Gasteiger partial charge in [-0.3, -0.25) is 4.79 Å². The van der Waals surface area contributed by atoms with Crippen LogP contribution in [0.5, 0.6) is 0 Å². The number of ketones is 1. The normalized spacial score (nSPS) is 13.3. The third kappa shape index (κ3) is 1.35. The van der Waals surface area contributed by atoms with Gasteiger partial charge in [0.2, 0.25) is 0 Å². The molecule has 0 saturated carbocycles. The highest BCUT2D eigenvalue weighted by molar-refractivity contribution is 6.01. The molecule has 0 unspecified atom stereocenters. The van der Waals surface area contributed by atoms with Crippen LogP contribution in [0, 0.1) is 0 Å². The van der Waals surface area contributed by atoms with Crippen LogP contribution in [0.3, 0.4) is 0 Å². The fourth-order valence-electron chi connectivity index (χ4n) is 1.55. The van der Waals surface area contributed by atoms with Gasteiger partial charge in [-0.1, -0.05) is 24.3 Å². The molecular formula is C11H11NO. The summed E-state index contributed by atoms with van der Waals surface area (Å²) < 4.78 is 0. The van der Waals surface area contributed by atoms with E-state index >= 15 is 0 Å². The molecule has 1 heterocycles. The zero-order valence-electron chi connectivity index (χ0n) is 7.50.